The minimum absolute atomic E-state index is 0.330. The summed E-state index contributed by atoms with van der Waals surface area (Å²) in [4.78, 5) is 0.330. The number of allylic oxidation sites excluding steroid dienone is 2. The summed E-state index contributed by atoms with van der Waals surface area (Å²) in [6, 6.07) is 16.7. The summed E-state index contributed by atoms with van der Waals surface area (Å²) in [5.74, 6) is 0. The molecule has 0 bridgehead atoms. The molecule has 2 aromatic carbocycles. The van der Waals surface area contributed by atoms with Crippen LogP contribution in [0.15, 0.2) is 77.2 Å². The van der Waals surface area contributed by atoms with Gasteiger partial charge in [-0.15, -0.1) is 0 Å². The molecule has 0 fully saturated rings. The van der Waals surface area contributed by atoms with E-state index in [9.17, 15) is 8.42 Å². The largest absolute Gasteiger partial charge is 0.265 e. The third-order valence-electron chi connectivity index (χ3n) is 4.15. The van der Waals surface area contributed by atoms with E-state index < -0.39 is 10.0 Å². The number of hydrogen-bond donors (Lipinski definition) is 0. The van der Waals surface area contributed by atoms with Crippen molar-refractivity contribution < 1.29 is 8.42 Å². The molecule has 2 aromatic rings. The number of hydrogen-bond acceptors (Lipinski definition) is 2. The van der Waals surface area contributed by atoms with Gasteiger partial charge in [-0.2, -0.15) is 0 Å². The summed E-state index contributed by atoms with van der Waals surface area (Å²) < 4.78 is 28.0. The molecule has 124 valence electrons. The lowest BCUT2D eigenvalue weighted by Gasteiger charge is -2.27. The van der Waals surface area contributed by atoms with Crippen LogP contribution in [0.2, 0.25) is 0 Å². The van der Waals surface area contributed by atoms with Gasteiger partial charge in [0.2, 0.25) is 0 Å². The van der Waals surface area contributed by atoms with Crippen LogP contribution in [0.3, 0.4) is 0 Å². The standard InChI is InChI=1S/C20H21NO2S/c1-16-11-13-19(14-12-16)24(22,23)21-15-7-6-8-17(2)20(21)18-9-4-3-5-10-18/h3-6,8-14H,7,15H2,1-2H3. The van der Waals surface area contributed by atoms with E-state index in [-0.39, 0.29) is 0 Å². The van der Waals surface area contributed by atoms with Crippen molar-refractivity contribution in [3.8, 4) is 0 Å². The highest BCUT2D eigenvalue weighted by molar-refractivity contribution is 7.89. The van der Waals surface area contributed by atoms with E-state index >= 15 is 0 Å². The van der Waals surface area contributed by atoms with Gasteiger partial charge in [-0.05, 0) is 43.5 Å². The van der Waals surface area contributed by atoms with Crippen LogP contribution in [0, 0.1) is 6.92 Å². The SMILES string of the molecule is CC1=C(c2ccccc2)N(S(=O)(=O)c2ccc(C)cc2)CCC=C1. The first kappa shape index (κ1) is 16.5. The van der Waals surface area contributed by atoms with Crippen LogP contribution in [0.1, 0.15) is 24.5 Å². The number of benzene rings is 2. The van der Waals surface area contributed by atoms with E-state index in [4.69, 9.17) is 0 Å². The Kier molecular flexibility index (Phi) is 4.58. The minimum Gasteiger partial charge on any atom is -0.265 e. The highest BCUT2D eigenvalue weighted by Gasteiger charge is 2.28. The quantitative estimate of drug-likeness (QED) is 0.832. The second-order valence-corrected chi connectivity index (χ2v) is 7.84. The van der Waals surface area contributed by atoms with Crippen molar-refractivity contribution in [2.24, 2.45) is 0 Å². The summed E-state index contributed by atoms with van der Waals surface area (Å²) in [7, 11) is -3.60. The highest BCUT2D eigenvalue weighted by Crippen LogP contribution is 2.31. The van der Waals surface area contributed by atoms with Gasteiger partial charge >= 0.3 is 0 Å². The molecule has 0 atom stereocenters. The van der Waals surface area contributed by atoms with E-state index in [1.54, 1.807) is 16.4 Å². The van der Waals surface area contributed by atoms with Gasteiger partial charge in [0, 0.05) is 6.54 Å². The Labute approximate surface area is 144 Å². The molecule has 1 aliphatic heterocycles. The monoisotopic (exact) mass is 339 g/mol. The van der Waals surface area contributed by atoms with Crippen LogP contribution in [-0.4, -0.2) is 19.3 Å². The topological polar surface area (TPSA) is 37.4 Å². The summed E-state index contributed by atoms with van der Waals surface area (Å²) in [6.07, 6.45) is 4.73. The molecule has 1 heterocycles. The maximum absolute atomic E-state index is 13.2. The first-order valence-corrected chi connectivity index (χ1v) is 9.46. The summed E-state index contributed by atoms with van der Waals surface area (Å²) >= 11 is 0. The maximum atomic E-state index is 13.2. The number of sulfonamides is 1. The predicted octanol–water partition coefficient (Wildman–Crippen LogP) is 4.38. The molecule has 0 amide bonds. The first-order chi connectivity index (χ1) is 11.5. The molecule has 4 heteroatoms. The molecule has 0 radical (unpaired) electrons. The molecule has 0 saturated heterocycles. The maximum Gasteiger partial charge on any atom is 0.264 e. The van der Waals surface area contributed by atoms with Gasteiger partial charge < -0.3 is 0 Å². The Morgan fingerprint density at radius 3 is 2.25 bits per heavy atom. The number of rotatable bonds is 3. The molecule has 24 heavy (non-hydrogen) atoms. The van der Waals surface area contributed by atoms with Crippen molar-refractivity contribution in [2.75, 3.05) is 6.54 Å². The molecule has 0 unspecified atom stereocenters. The van der Waals surface area contributed by atoms with Crippen LogP contribution in [0.25, 0.3) is 5.70 Å². The first-order valence-electron chi connectivity index (χ1n) is 8.02. The number of nitrogens with zero attached hydrogens (tertiary/aromatic N) is 1. The zero-order valence-corrected chi connectivity index (χ0v) is 14.8. The Bertz CT molecular complexity index is 879. The molecule has 0 saturated carbocycles. The lowest BCUT2D eigenvalue weighted by Crippen LogP contribution is -2.30. The van der Waals surface area contributed by atoms with Crippen molar-refractivity contribution in [1.29, 1.82) is 0 Å². The second-order valence-electron chi connectivity index (χ2n) is 5.98. The fourth-order valence-electron chi connectivity index (χ4n) is 2.88. The molecule has 0 N–H and O–H groups in total. The molecule has 3 rings (SSSR count). The van der Waals surface area contributed by atoms with Crippen molar-refractivity contribution in [3.05, 3.63) is 83.4 Å². The zero-order valence-electron chi connectivity index (χ0n) is 13.9. The normalized spacial score (nSPS) is 15.5. The lowest BCUT2D eigenvalue weighted by molar-refractivity contribution is 0.513. The molecule has 1 aliphatic rings. The van der Waals surface area contributed by atoms with E-state index in [0.717, 1.165) is 22.4 Å². The van der Waals surface area contributed by atoms with Gasteiger partial charge in [0.1, 0.15) is 0 Å². The minimum atomic E-state index is -3.60. The molecule has 3 nitrogen and oxygen atoms in total. The van der Waals surface area contributed by atoms with Crippen LogP contribution in [-0.2, 0) is 10.0 Å². The highest BCUT2D eigenvalue weighted by atomic mass is 32.2. The Balaban J connectivity index is 2.13. The fraction of sp³-hybridized carbons (Fsp3) is 0.200. The number of aryl methyl sites for hydroxylation is 1. The van der Waals surface area contributed by atoms with Crippen molar-refractivity contribution >= 4 is 15.7 Å². The molecule has 0 aromatic heterocycles. The van der Waals surface area contributed by atoms with E-state index in [1.807, 2.05) is 68.5 Å². The van der Waals surface area contributed by atoms with Gasteiger partial charge in [0.05, 0.1) is 10.6 Å². The van der Waals surface area contributed by atoms with Crippen LogP contribution in [0.4, 0.5) is 0 Å². The van der Waals surface area contributed by atoms with E-state index in [1.165, 1.54) is 0 Å². The summed E-state index contributed by atoms with van der Waals surface area (Å²) in [6.45, 7) is 4.35. The van der Waals surface area contributed by atoms with E-state index in [2.05, 4.69) is 0 Å². The fourth-order valence-corrected chi connectivity index (χ4v) is 4.45. The molecule has 0 spiro atoms. The van der Waals surface area contributed by atoms with Gasteiger partial charge in [-0.3, -0.25) is 4.31 Å². The van der Waals surface area contributed by atoms with E-state index in [0.29, 0.717) is 17.9 Å². The van der Waals surface area contributed by atoms with Gasteiger partial charge in [-0.25, -0.2) is 8.42 Å². The van der Waals surface area contributed by atoms with Gasteiger partial charge in [0.25, 0.3) is 10.0 Å². The summed E-state index contributed by atoms with van der Waals surface area (Å²) in [5.41, 5.74) is 3.66. The van der Waals surface area contributed by atoms with Gasteiger partial charge in [0.15, 0.2) is 0 Å². The zero-order chi connectivity index (χ0) is 17.2. The van der Waals surface area contributed by atoms with Crippen LogP contribution < -0.4 is 0 Å². The van der Waals surface area contributed by atoms with Crippen molar-refractivity contribution in [3.63, 3.8) is 0 Å². The third-order valence-corrected chi connectivity index (χ3v) is 5.96. The lowest BCUT2D eigenvalue weighted by atomic mass is 10.1. The molecular weight excluding hydrogens is 318 g/mol. The predicted molar refractivity (Wildman–Crippen MR) is 97.9 cm³/mol. The van der Waals surface area contributed by atoms with Crippen molar-refractivity contribution in [1.82, 2.24) is 4.31 Å². The average molecular weight is 339 g/mol. The average Bonchev–Trinajstić information content (AvgIpc) is 2.78. The van der Waals surface area contributed by atoms with Gasteiger partial charge in [-0.1, -0.05) is 60.2 Å². The Morgan fingerprint density at radius 1 is 0.917 bits per heavy atom. The summed E-state index contributed by atoms with van der Waals surface area (Å²) in [5, 5.41) is 0. The van der Waals surface area contributed by atoms with Crippen LogP contribution >= 0.6 is 0 Å². The third kappa shape index (κ3) is 3.15. The molecular formula is C20H21NO2S. The Hall–Kier alpha value is -2.33. The second kappa shape index (κ2) is 6.65. The Morgan fingerprint density at radius 2 is 1.58 bits per heavy atom. The van der Waals surface area contributed by atoms with Crippen LogP contribution in [0.5, 0.6) is 0 Å². The van der Waals surface area contributed by atoms with Crippen molar-refractivity contribution in [2.45, 2.75) is 25.2 Å². The smallest absolute Gasteiger partial charge is 0.264 e. The molecule has 0 aliphatic carbocycles.